The standard InChI is InChI=1S/C28H25IN4O6/c1-17-7-6-10-20(11-17)31-24(34)15-33-27(36)22(32-28(33)37)13-18-12-21(29)26(23(14-18)38-2)39-16-25(35)30-19-8-4-3-5-9-19/h3-14H,15-16H2,1-2H3,(H,30,35)(H,31,34)(H,32,37)/b22-13+. The van der Waals surface area contributed by atoms with Crippen molar-refractivity contribution in [2.45, 2.75) is 6.92 Å². The van der Waals surface area contributed by atoms with Gasteiger partial charge in [-0.3, -0.25) is 14.4 Å². The fraction of sp³-hybridized carbons (Fsp3) is 0.143. The van der Waals surface area contributed by atoms with Crippen molar-refractivity contribution in [3.05, 3.63) is 87.1 Å². The second-order valence-electron chi connectivity index (χ2n) is 8.53. The molecule has 5 amide bonds. The lowest BCUT2D eigenvalue weighted by Crippen LogP contribution is -2.38. The summed E-state index contributed by atoms with van der Waals surface area (Å²) in [5, 5.41) is 7.94. The number of carbonyl (C=O) groups is 4. The molecule has 0 atom stereocenters. The highest BCUT2D eigenvalue weighted by Gasteiger charge is 2.35. The molecule has 3 aromatic rings. The number of halogens is 1. The van der Waals surface area contributed by atoms with E-state index in [-0.39, 0.29) is 18.2 Å². The van der Waals surface area contributed by atoms with Gasteiger partial charge in [0.2, 0.25) is 5.91 Å². The molecule has 39 heavy (non-hydrogen) atoms. The van der Waals surface area contributed by atoms with Crippen LogP contribution in [0, 0.1) is 10.5 Å². The van der Waals surface area contributed by atoms with Gasteiger partial charge in [-0.2, -0.15) is 0 Å². The predicted molar refractivity (Wildman–Crippen MR) is 154 cm³/mol. The van der Waals surface area contributed by atoms with Crippen LogP contribution in [0.15, 0.2) is 72.4 Å². The molecular weight excluding hydrogens is 615 g/mol. The summed E-state index contributed by atoms with van der Waals surface area (Å²) in [5.74, 6) is -0.770. The number of carbonyl (C=O) groups excluding carboxylic acids is 4. The minimum Gasteiger partial charge on any atom is -0.493 e. The van der Waals surface area contributed by atoms with Gasteiger partial charge in [-0.1, -0.05) is 30.3 Å². The molecule has 0 aliphatic carbocycles. The van der Waals surface area contributed by atoms with Crippen molar-refractivity contribution < 1.29 is 28.7 Å². The number of para-hydroxylation sites is 1. The summed E-state index contributed by atoms with van der Waals surface area (Å²) in [4.78, 5) is 50.9. The SMILES string of the molecule is COc1cc(/C=C2/NC(=O)N(CC(=O)Nc3cccc(C)c3)C2=O)cc(I)c1OCC(=O)Nc1ccccc1. The van der Waals surface area contributed by atoms with Crippen LogP contribution < -0.4 is 25.4 Å². The lowest BCUT2D eigenvalue weighted by Gasteiger charge is -2.14. The van der Waals surface area contributed by atoms with Crippen LogP contribution in [0.3, 0.4) is 0 Å². The van der Waals surface area contributed by atoms with E-state index in [4.69, 9.17) is 9.47 Å². The van der Waals surface area contributed by atoms with Crippen molar-refractivity contribution in [3.63, 3.8) is 0 Å². The molecule has 1 aliphatic rings. The average Bonchev–Trinajstić information content (AvgIpc) is 3.15. The topological polar surface area (TPSA) is 126 Å². The smallest absolute Gasteiger partial charge is 0.329 e. The average molecular weight is 640 g/mol. The third-order valence-corrected chi connectivity index (χ3v) is 6.34. The maximum absolute atomic E-state index is 12.9. The number of anilines is 2. The molecular formula is C28H25IN4O6. The summed E-state index contributed by atoms with van der Waals surface area (Å²) >= 11 is 2.03. The monoisotopic (exact) mass is 640 g/mol. The maximum Gasteiger partial charge on any atom is 0.329 e. The Hall–Kier alpha value is -4.39. The number of amides is 5. The van der Waals surface area contributed by atoms with Crippen LogP contribution in [-0.4, -0.2) is 48.9 Å². The van der Waals surface area contributed by atoms with Gasteiger partial charge in [0.15, 0.2) is 18.1 Å². The lowest BCUT2D eigenvalue weighted by molar-refractivity contribution is -0.127. The van der Waals surface area contributed by atoms with Gasteiger partial charge < -0.3 is 25.4 Å². The van der Waals surface area contributed by atoms with Gasteiger partial charge in [-0.05, 0) is 83.1 Å². The normalized spacial score (nSPS) is 13.7. The highest BCUT2D eigenvalue weighted by Crippen LogP contribution is 2.35. The van der Waals surface area contributed by atoms with Gasteiger partial charge >= 0.3 is 6.03 Å². The summed E-state index contributed by atoms with van der Waals surface area (Å²) < 4.78 is 11.8. The fourth-order valence-electron chi connectivity index (χ4n) is 3.77. The van der Waals surface area contributed by atoms with E-state index in [0.717, 1.165) is 10.5 Å². The van der Waals surface area contributed by atoms with E-state index in [1.54, 1.807) is 42.5 Å². The largest absolute Gasteiger partial charge is 0.493 e. The first-order valence-corrected chi connectivity index (χ1v) is 12.9. The number of nitrogens with one attached hydrogen (secondary N) is 3. The van der Waals surface area contributed by atoms with E-state index in [1.165, 1.54) is 13.2 Å². The second kappa shape index (κ2) is 12.4. The van der Waals surface area contributed by atoms with Crippen molar-refractivity contribution >= 4 is 63.8 Å². The van der Waals surface area contributed by atoms with Gasteiger partial charge in [-0.15, -0.1) is 0 Å². The number of methoxy groups -OCH3 is 1. The van der Waals surface area contributed by atoms with Gasteiger partial charge in [0, 0.05) is 11.4 Å². The second-order valence-corrected chi connectivity index (χ2v) is 9.70. The van der Waals surface area contributed by atoms with Crippen LogP contribution >= 0.6 is 22.6 Å². The molecule has 10 nitrogen and oxygen atoms in total. The molecule has 0 unspecified atom stereocenters. The van der Waals surface area contributed by atoms with Crippen molar-refractivity contribution in [1.29, 1.82) is 0 Å². The van der Waals surface area contributed by atoms with E-state index < -0.39 is 24.4 Å². The number of hydrogen-bond acceptors (Lipinski definition) is 6. The van der Waals surface area contributed by atoms with Crippen LogP contribution in [-0.2, 0) is 14.4 Å². The molecule has 1 heterocycles. The highest BCUT2D eigenvalue weighted by molar-refractivity contribution is 14.1. The third-order valence-electron chi connectivity index (χ3n) is 5.53. The number of hydrogen-bond donors (Lipinski definition) is 3. The first-order valence-electron chi connectivity index (χ1n) is 11.8. The van der Waals surface area contributed by atoms with Gasteiger partial charge in [0.25, 0.3) is 11.8 Å². The Bertz CT molecular complexity index is 1460. The van der Waals surface area contributed by atoms with Crippen LogP contribution in [0.5, 0.6) is 11.5 Å². The number of ether oxygens (including phenoxy) is 2. The molecule has 3 aromatic carbocycles. The number of rotatable bonds is 9. The molecule has 11 heteroatoms. The molecule has 0 bridgehead atoms. The summed E-state index contributed by atoms with van der Waals surface area (Å²) in [6.07, 6.45) is 1.48. The molecule has 3 N–H and O–H groups in total. The van der Waals surface area contributed by atoms with Crippen LogP contribution in [0.25, 0.3) is 6.08 Å². The molecule has 0 spiro atoms. The Morgan fingerprint density at radius 2 is 1.69 bits per heavy atom. The van der Waals surface area contributed by atoms with Crippen LogP contribution in [0.4, 0.5) is 16.2 Å². The highest BCUT2D eigenvalue weighted by atomic mass is 127. The van der Waals surface area contributed by atoms with Crippen LogP contribution in [0.2, 0.25) is 0 Å². The molecule has 1 saturated heterocycles. The van der Waals surface area contributed by atoms with Crippen molar-refractivity contribution in [2.75, 3.05) is 30.9 Å². The lowest BCUT2D eigenvalue weighted by atomic mass is 10.1. The Labute approximate surface area is 238 Å². The minimum atomic E-state index is -0.698. The minimum absolute atomic E-state index is 0.0112. The van der Waals surface area contributed by atoms with Crippen LogP contribution in [0.1, 0.15) is 11.1 Å². The third kappa shape index (κ3) is 7.13. The fourth-order valence-corrected chi connectivity index (χ4v) is 4.55. The van der Waals surface area contributed by atoms with E-state index in [0.29, 0.717) is 32.0 Å². The van der Waals surface area contributed by atoms with Gasteiger partial charge in [-0.25, -0.2) is 9.69 Å². The molecule has 0 saturated carbocycles. The number of aryl methyl sites for hydroxylation is 1. The van der Waals surface area contributed by atoms with Gasteiger partial charge in [0.05, 0.1) is 10.7 Å². The first kappa shape index (κ1) is 27.6. The Morgan fingerprint density at radius 3 is 2.41 bits per heavy atom. The molecule has 0 radical (unpaired) electrons. The van der Waals surface area contributed by atoms with Crippen molar-refractivity contribution in [1.82, 2.24) is 10.2 Å². The summed E-state index contributed by atoms with van der Waals surface area (Å²) in [7, 11) is 1.45. The summed E-state index contributed by atoms with van der Waals surface area (Å²) in [6, 6.07) is 18.8. The number of urea groups is 1. The number of nitrogens with zero attached hydrogens (tertiary/aromatic N) is 1. The summed E-state index contributed by atoms with van der Waals surface area (Å²) in [5.41, 5.74) is 2.75. The van der Waals surface area contributed by atoms with E-state index in [2.05, 4.69) is 16.0 Å². The number of benzene rings is 3. The quantitative estimate of drug-likeness (QED) is 0.183. The van der Waals surface area contributed by atoms with Crippen molar-refractivity contribution in [3.8, 4) is 11.5 Å². The molecule has 0 aromatic heterocycles. The molecule has 1 aliphatic heterocycles. The predicted octanol–water partition coefficient (Wildman–Crippen LogP) is 4.16. The molecule has 200 valence electrons. The van der Waals surface area contributed by atoms with Crippen molar-refractivity contribution in [2.24, 2.45) is 0 Å². The number of imide groups is 1. The van der Waals surface area contributed by atoms with E-state index in [9.17, 15) is 19.2 Å². The Balaban J connectivity index is 1.42. The zero-order valence-corrected chi connectivity index (χ0v) is 23.3. The van der Waals surface area contributed by atoms with E-state index >= 15 is 0 Å². The first-order chi connectivity index (χ1) is 18.7. The Kier molecular flexibility index (Phi) is 8.81. The van der Waals surface area contributed by atoms with Gasteiger partial charge in [0.1, 0.15) is 12.2 Å². The maximum atomic E-state index is 12.9. The Morgan fingerprint density at radius 1 is 0.974 bits per heavy atom. The zero-order valence-electron chi connectivity index (χ0n) is 21.1. The zero-order chi connectivity index (χ0) is 27.9. The summed E-state index contributed by atoms with van der Waals surface area (Å²) in [6.45, 7) is 1.21. The van der Waals surface area contributed by atoms with E-state index in [1.807, 2.05) is 53.8 Å². The molecule has 1 fully saturated rings. The molecule has 4 rings (SSSR count).